The lowest BCUT2D eigenvalue weighted by Gasteiger charge is -2.13. The van der Waals surface area contributed by atoms with Gasteiger partial charge in [-0.1, -0.05) is 60.7 Å². The number of hydrogen-bond acceptors (Lipinski definition) is 2. The Balaban J connectivity index is 1.64. The van der Waals surface area contributed by atoms with Crippen LogP contribution in [0.4, 0.5) is 0 Å². The molecule has 0 amide bonds. The molecule has 0 spiro atoms. The largest absolute Gasteiger partial charge is 0.489 e. The number of hydrogen-bond donors (Lipinski definition) is 0. The third kappa shape index (κ3) is 4.53. The van der Waals surface area contributed by atoms with Crippen LogP contribution >= 0.6 is 11.6 Å². The lowest BCUT2D eigenvalue weighted by atomic mass is 10.2. The van der Waals surface area contributed by atoms with Gasteiger partial charge in [-0.25, -0.2) is 0 Å². The van der Waals surface area contributed by atoms with Crippen LogP contribution in [0.2, 0.25) is 0 Å². The first kappa shape index (κ1) is 16.4. The van der Waals surface area contributed by atoms with Gasteiger partial charge in [0, 0.05) is 5.56 Å². The van der Waals surface area contributed by atoms with E-state index < -0.39 is 0 Å². The minimum Gasteiger partial charge on any atom is -0.489 e. The number of halogens is 1. The molecule has 122 valence electrons. The first-order valence-corrected chi connectivity index (χ1v) is 8.41. The maximum absolute atomic E-state index is 6.07. The van der Waals surface area contributed by atoms with E-state index in [0.29, 0.717) is 19.1 Å². The van der Waals surface area contributed by atoms with Crippen LogP contribution in [0.1, 0.15) is 16.7 Å². The van der Waals surface area contributed by atoms with Gasteiger partial charge < -0.3 is 9.47 Å². The molecule has 3 aromatic carbocycles. The van der Waals surface area contributed by atoms with Crippen molar-refractivity contribution in [3.05, 3.63) is 95.6 Å². The molecule has 0 atom stereocenters. The molecule has 0 aromatic heterocycles. The van der Waals surface area contributed by atoms with Crippen LogP contribution in [-0.2, 0) is 19.1 Å². The third-order valence-corrected chi connectivity index (χ3v) is 3.95. The van der Waals surface area contributed by atoms with Crippen molar-refractivity contribution in [2.24, 2.45) is 0 Å². The monoisotopic (exact) mass is 338 g/mol. The topological polar surface area (TPSA) is 18.5 Å². The van der Waals surface area contributed by atoms with Gasteiger partial charge in [0.25, 0.3) is 0 Å². The predicted octanol–water partition coefficient (Wildman–Crippen LogP) is 5.58. The molecule has 0 aliphatic carbocycles. The summed E-state index contributed by atoms with van der Waals surface area (Å²) >= 11 is 6.07. The first-order valence-electron chi connectivity index (χ1n) is 7.87. The van der Waals surface area contributed by atoms with Crippen molar-refractivity contribution in [2.75, 3.05) is 0 Å². The number of alkyl halides is 1. The summed E-state index contributed by atoms with van der Waals surface area (Å²) in [6.45, 7) is 1.06. The molecule has 0 unspecified atom stereocenters. The molecular formula is C21H19ClO2. The second kappa shape index (κ2) is 8.42. The Morgan fingerprint density at radius 2 is 1.25 bits per heavy atom. The summed E-state index contributed by atoms with van der Waals surface area (Å²) < 4.78 is 11.7. The van der Waals surface area contributed by atoms with E-state index in [0.717, 1.165) is 28.2 Å². The summed E-state index contributed by atoms with van der Waals surface area (Å²) in [5, 5.41) is 0. The van der Waals surface area contributed by atoms with Gasteiger partial charge in [0.2, 0.25) is 0 Å². The third-order valence-electron chi connectivity index (χ3n) is 3.66. The average Bonchev–Trinajstić information content (AvgIpc) is 2.66. The summed E-state index contributed by atoms with van der Waals surface area (Å²) in [6.07, 6.45) is 0. The van der Waals surface area contributed by atoms with Gasteiger partial charge in [-0.15, -0.1) is 11.6 Å². The Kier molecular flexibility index (Phi) is 5.75. The zero-order valence-electron chi connectivity index (χ0n) is 13.3. The van der Waals surface area contributed by atoms with Crippen LogP contribution in [0.5, 0.6) is 11.5 Å². The summed E-state index contributed by atoms with van der Waals surface area (Å²) in [5.74, 6) is 1.97. The number of ether oxygens (including phenoxy) is 2. The van der Waals surface area contributed by atoms with Crippen LogP contribution in [0.3, 0.4) is 0 Å². The van der Waals surface area contributed by atoms with E-state index in [1.165, 1.54) is 0 Å². The van der Waals surface area contributed by atoms with Crippen LogP contribution in [0.15, 0.2) is 78.9 Å². The molecule has 0 fully saturated rings. The van der Waals surface area contributed by atoms with Crippen molar-refractivity contribution in [1.29, 1.82) is 0 Å². The highest BCUT2D eigenvalue weighted by Gasteiger charge is 2.06. The molecule has 0 radical (unpaired) electrons. The maximum atomic E-state index is 6.07. The van der Waals surface area contributed by atoms with Gasteiger partial charge in [-0.3, -0.25) is 0 Å². The van der Waals surface area contributed by atoms with Gasteiger partial charge in [0.05, 0.1) is 5.88 Å². The fourth-order valence-corrected chi connectivity index (χ4v) is 2.58. The molecular weight excluding hydrogens is 320 g/mol. The second-order valence-electron chi connectivity index (χ2n) is 5.45. The van der Waals surface area contributed by atoms with Crippen LogP contribution in [-0.4, -0.2) is 0 Å². The lowest BCUT2D eigenvalue weighted by molar-refractivity contribution is 0.295. The van der Waals surface area contributed by atoms with E-state index in [-0.39, 0.29) is 0 Å². The van der Waals surface area contributed by atoms with Gasteiger partial charge in [-0.05, 0) is 29.3 Å². The minimum atomic E-state index is 0.382. The molecule has 0 aliphatic rings. The van der Waals surface area contributed by atoms with Gasteiger partial charge in [0.1, 0.15) is 24.7 Å². The Morgan fingerprint density at radius 3 is 1.83 bits per heavy atom. The molecule has 3 heteroatoms. The summed E-state index contributed by atoms with van der Waals surface area (Å²) in [5.41, 5.74) is 3.19. The van der Waals surface area contributed by atoms with Crippen LogP contribution < -0.4 is 9.47 Å². The fourth-order valence-electron chi connectivity index (χ4n) is 2.37. The number of benzene rings is 3. The minimum absolute atomic E-state index is 0.382. The zero-order valence-corrected chi connectivity index (χ0v) is 14.1. The SMILES string of the molecule is ClCc1cc(OCc2ccccc2)ccc1OCc1ccccc1. The molecule has 0 saturated carbocycles. The van der Waals surface area contributed by atoms with Crippen LogP contribution in [0.25, 0.3) is 0 Å². The van der Waals surface area contributed by atoms with Crippen molar-refractivity contribution in [1.82, 2.24) is 0 Å². The molecule has 0 saturated heterocycles. The van der Waals surface area contributed by atoms with Gasteiger partial charge in [0.15, 0.2) is 0 Å². The lowest BCUT2D eigenvalue weighted by Crippen LogP contribution is -1.99. The first-order chi connectivity index (χ1) is 11.8. The summed E-state index contributed by atoms with van der Waals surface area (Å²) in [4.78, 5) is 0. The van der Waals surface area contributed by atoms with E-state index in [2.05, 4.69) is 0 Å². The molecule has 24 heavy (non-hydrogen) atoms. The Hall–Kier alpha value is -2.45. The van der Waals surface area contributed by atoms with Crippen molar-refractivity contribution in [3.8, 4) is 11.5 Å². The Morgan fingerprint density at radius 1 is 0.667 bits per heavy atom. The molecule has 0 heterocycles. The highest BCUT2D eigenvalue weighted by Crippen LogP contribution is 2.27. The Labute approximate surface area is 147 Å². The second-order valence-corrected chi connectivity index (χ2v) is 5.72. The van der Waals surface area contributed by atoms with Crippen molar-refractivity contribution >= 4 is 11.6 Å². The average molecular weight is 339 g/mol. The van der Waals surface area contributed by atoms with Crippen LogP contribution in [0, 0.1) is 0 Å². The van der Waals surface area contributed by atoms with Gasteiger partial charge >= 0.3 is 0 Å². The van der Waals surface area contributed by atoms with Gasteiger partial charge in [-0.2, -0.15) is 0 Å². The van der Waals surface area contributed by atoms with E-state index >= 15 is 0 Å². The maximum Gasteiger partial charge on any atom is 0.124 e. The predicted molar refractivity (Wildman–Crippen MR) is 97.5 cm³/mol. The molecule has 0 aliphatic heterocycles. The standard InChI is InChI=1S/C21H19ClO2/c22-14-19-13-20(23-15-17-7-3-1-4-8-17)11-12-21(19)24-16-18-9-5-2-6-10-18/h1-13H,14-16H2. The highest BCUT2D eigenvalue weighted by molar-refractivity contribution is 6.17. The van der Waals surface area contributed by atoms with E-state index in [1.807, 2.05) is 78.9 Å². The van der Waals surface area contributed by atoms with Crippen molar-refractivity contribution < 1.29 is 9.47 Å². The smallest absolute Gasteiger partial charge is 0.124 e. The summed E-state index contributed by atoms with van der Waals surface area (Å²) in [6, 6.07) is 25.9. The fraction of sp³-hybridized carbons (Fsp3) is 0.143. The molecule has 0 bridgehead atoms. The van der Waals surface area contributed by atoms with E-state index in [4.69, 9.17) is 21.1 Å². The Bertz CT molecular complexity index is 757. The van der Waals surface area contributed by atoms with E-state index in [1.54, 1.807) is 0 Å². The van der Waals surface area contributed by atoms with Crippen molar-refractivity contribution in [2.45, 2.75) is 19.1 Å². The molecule has 3 rings (SSSR count). The molecule has 2 nitrogen and oxygen atoms in total. The quantitative estimate of drug-likeness (QED) is 0.523. The zero-order chi connectivity index (χ0) is 16.6. The molecule has 0 N–H and O–H groups in total. The highest BCUT2D eigenvalue weighted by atomic mass is 35.5. The van der Waals surface area contributed by atoms with Crippen molar-refractivity contribution in [3.63, 3.8) is 0 Å². The normalized spacial score (nSPS) is 10.4. The molecule has 3 aromatic rings. The van der Waals surface area contributed by atoms with E-state index in [9.17, 15) is 0 Å². The number of rotatable bonds is 7. The summed E-state index contributed by atoms with van der Waals surface area (Å²) in [7, 11) is 0.